The van der Waals surface area contributed by atoms with Gasteiger partial charge in [0.25, 0.3) is 0 Å². The van der Waals surface area contributed by atoms with Crippen LogP contribution in [0.1, 0.15) is 11.6 Å². The zero-order chi connectivity index (χ0) is 17.2. The van der Waals surface area contributed by atoms with Gasteiger partial charge < -0.3 is 9.30 Å². The minimum atomic E-state index is -0.614. The van der Waals surface area contributed by atoms with Gasteiger partial charge in [0.15, 0.2) is 0 Å². The van der Waals surface area contributed by atoms with Crippen molar-refractivity contribution < 1.29 is 13.5 Å². The van der Waals surface area contributed by atoms with Gasteiger partial charge in [-0.3, -0.25) is 4.98 Å². The first-order valence-electron chi connectivity index (χ1n) is 8.18. The molecule has 3 heterocycles. The molecular weight excluding hydrogens is 324 g/mol. The SMILES string of the molecule is Fc1cccc(F)c1-c1nccn1[C@@H]1COC[C@H]1Cc1ccncc1. The molecule has 4 rings (SSSR count). The normalized spacial score (nSPS) is 20.1. The lowest BCUT2D eigenvalue weighted by Gasteiger charge is -2.21. The van der Waals surface area contributed by atoms with Crippen LogP contribution in [-0.2, 0) is 11.2 Å². The molecule has 0 unspecified atom stereocenters. The fourth-order valence-corrected chi connectivity index (χ4v) is 3.40. The third-order valence-electron chi connectivity index (χ3n) is 4.62. The molecule has 0 radical (unpaired) electrons. The number of ether oxygens (including phenoxy) is 1. The third-order valence-corrected chi connectivity index (χ3v) is 4.62. The molecule has 1 fully saturated rings. The van der Waals surface area contributed by atoms with Gasteiger partial charge in [-0.05, 0) is 36.2 Å². The highest BCUT2D eigenvalue weighted by Gasteiger charge is 2.32. The van der Waals surface area contributed by atoms with E-state index in [1.54, 1.807) is 24.8 Å². The number of hydrogen-bond donors (Lipinski definition) is 0. The molecule has 0 amide bonds. The van der Waals surface area contributed by atoms with E-state index in [0.29, 0.717) is 19.0 Å². The van der Waals surface area contributed by atoms with Crippen LogP contribution in [0, 0.1) is 17.6 Å². The largest absolute Gasteiger partial charge is 0.379 e. The Morgan fingerprint density at radius 2 is 1.80 bits per heavy atom. The van der Waals surface area contributed by atoms with E-state index < -0.39 is 11.6 Å². The van der Waals surface area contributed by atoms with Gasteiger partial charge in [0.1, 0.15) is 17.5 Å². The zero-order valence-corrected chi connectivity index (χ0v) is 13.5. The highest BCUT2D eigenvalue weighted by Crippen LogP contribution is 2.34. The summed E-state index contributed by atoms with van der Waals surface area (Å²) < 4.78 is 35.9. The van der Waals surface area contributed by atoms with Crippen LogP contribution >= 0.6 is 0 Å². The first kappa shape index (κ1) is 15.9. The van der Waals surface area contributed by atoms with Crippen molar-refractivity contribution in [1.29, 1.82) is 0 Å². The summed E-state index contributed by atoms with van der Waals surface area (Å²) in [6.45, 7) is 1.10. The fraction of sp³-hybridized carbons (Fsp3) is 0.263. The number of imidazole rings is 1. The first-order valence-corrected chi connectivity index (χ1v) is 8.18. The molecule has 4 nitrogen and oxygen atoms in total. The van der Waals surface area contributed by atoms with E-state index in [1.165, 1.54) is 18.2 Å². The Hall–Kier alpha value is -2.60. The van der Waals surface area contributed by atoms with Crippen molar-refractivity contribution in [2.24, 2.45) is 5.92 Å². The molecule has 128 valence electrons. The Labute approximate surface area is 144 Å². The van der Waals surface area contributed by atoms with Crippen LogP contribution in [0.15, 0.2) is 55.1 Å². The average Bonchev–Trinajstić information content (AvgIpc) is 3.25. The van der Waals surface area contributed by atoms with Crippen LogP contribution in [0.25, 0.3) is 11.4 Å². The van der Waals surface area contributed by atoms with Crippen LogP contribution in [0.2, 0.25) is 0 Å². The van der Waals surface area contributed by atoms with E-state index in [9.17, 15) is 8.78 Å². The predicted molar refractivity (Wildman–Crippen MR) is 88.9 cm³/mol. The summed E-state index contributed by atoms with van der Waals surface area (Å²) in [6, 6.07) is 7.77. The van der Waals surface area contributed by atoms with E-state index >= 15 is 0 Å². The lowest BCUT2D eigenvalue weighted by Crippen LogP contribution is -2.20. The Balaban J connectivity index is 1.67. The molecule has 0 aliphatic carbocycles. The number of aromatic nitrogens is 3. The molecule has 1 saturated heterocycles. The molecule has 3 aromatic rings. The summed E-state index contributed by atoms with van der Waals surface area (Å²) in [5.74, 6) is -0.731. The molecule has 6 heteroatoms. The average molecular weight is 341 g/mol. The molecule has 0 bridgehead atoms. The van der Waals surface area contributed by atoms with Crippen LogP contribution in [-0.4, -0.2) is 27.7 Å². The molecule has 25 heavy (non-hydrogen) atoms. The maximum atomic E-state index is 14.2. The molecule has 1 aromatic carbocycles. The Morgan fingerprint density at radius 1 is 1.04 bits per heavy atom. The highest BCUT2D eigenvalue weighted by atomic mass is 19.1. The standard InChI is InChI=1S/C19H17F2N3O/c20-15-2-1-3-16(21)18(15)19-23-8-9-24(19)17-12-25-11-14(17)10-13-4-6-22-7-5-13/h1-9,14,17H,10-12H2/t14-,17-/m1/s1. The molecule has 2 aromatic heterocycles. The maximum Gasteiger partial charge on any atom is 0.146 e. The van der Waals surface area contributed by atoms with Gasteiger partial charge in [-0.25, -0.2) is 13.8 Å². The second-order valence-electron chi connectivity index (χ2n) is 6.18. The quantitative estimate of drug-likeness (QED) is 0.727. The molecule has 1 aliphatic rings. The number of benzene rings is 1. The van der Waals surface area contributed by atoms with Gasteiger partial charge in [-0.1, -0.05) is 6.07 Å². The second-order valence-corrected chi connectivity index (χ2v) is 6.18. The van der Waals surface area contributed by atoms with Gasteiger partial charge in [0, 0.05) is 30.7 Å². The van der Waals surface area contributed by atoms with Crippen molar-refractivity contribution in [2.45, 2.75) is 12.5 Å². The van der Waals surface area contributed by atoms with Gasteiger partial charge in [0.05, 0.1) is 24.8 Å². The first-order chi connectivity index (χ1) is 12.2. The zero-order valence-electron chi connectivity index (χ0n) is 13.5. The van der Waals surface area contributed by atoms with Crippen LogP contribution < -0.4 is 0 Å². The fourth-order valence-electron chi connectivity index (χ4n) is 3.40. The molecule has 0 saturated carbocycles. The summed E-state index contributed by atoms with van der Waals surface area (Å²) in [5.41, 5.74) is 1.07. The number of rotatable bonds is 4. The Bertz CT molecular complexity index is 846. The van der Waals surface area contributed by atoms with E-state index in [0.717, 1.165) is 12.0 Å². The predicted octanol–water partition coefficient (Wildman–Crippen LogP) is 3.65. The summed E-state index contributed by atoms with van der Waals surface area (Å²) in [7, 11) is 0. The van der Waals surface area contributed by atoms with Crippen molar-refractivity contribution in [1.82, 2.24) is 14.5 Å². The van der Waals surface area contributed by atoms with Crippen molar-refractivity contribution in [3.8, 4) is 11.4 Å². The lowest BCUT2D eigenvalue weighted by molar-refractivity contribution is 0.181. The summed E-state index contributed by atoms with van der Waals surface area (Å²) in [4.78, 5) is 8.24. The minimum absolute atomic E-state index is 0.0235. The molecule has 2 atom stereocenters. The van der Waals surface area contributed by atoms with Crippen LogP contribution in [0.4, 0.5) is 8.78 Å². The summed E-state index contributed by atoms with van der Waals surface area (Å²) in [5, 5.41) is 0. The van der Waals surface area contributed by atoms with Crippen LogP contribution in [0.3, 0.4) is 0 Å². The highest BCUT2D eigenvalue weighted by molar-refractivity contribution is 5.57. The number of hydrogen-bond acceptors (Lipinski definition) is 3. The van der Waals surface area contributed by atoms with Crippen molar-refractivity contribution >= 4 is 0 Å². The van der Waals surface area contributed by atoms with Crippen LogP contribution in [0.5, 0.6) is 0 Å². The third kappa shape index (κ3) is 3.05. The van der Waals surface area contributed by atoms with E-state index in [1.807, 2.05) is 16.7 Å². The van der Waals surface area contributed by atoms with Crippen molar-refractivity contribution in [3.63, 3.8) is 0 Å². The van der Waals surface area contributed by atoms with E-state index in [4.69, 9.17) is 4.74 Å². The summed E-state index contributed by atoms with van der Waals surface area (Å²) in [6.07, 6.45) is 7.67. The van der Waals surface area contributed by atoms with E-state index in [-0.39, 0.29) is 17.5 Å². The Morgan fingerprint density at radius 3 is 2.56 bits per heavy atom. The molecule has 0 spiro atoms. The topological polar surface area (TPSA) is 39.9 Å². The number of nitrogens with zero attached hydrogens (tertiary/aromatic N) is 3. The van der Waals surface area contributed by atoms with Gasteiger partial charge in [-0.2, -0.15) is 0 Å². The lowest BCUT2D eigenvalue weighted by atomic mass is 9.95. The molecular formula is C19H17F2N3O. The second kappa shape index (κ2) is 6.72. The van der Waals surface area contributed by atoms with Crippen molar-refractivity contribution in [3.05, 3.63) is 72.3 Å². The molecule has 0 N–H and O–H groups in total. The van der Waals surface area contributed by atoms with E-state index in [2.05, 4.69) is 9.97 Å². The maximum absolute atomic E-state index is 14.2. The minimum Gasteiger partial charge on any atom is -0.379 e. The smallest absolute Gasteiger partial charge is 0.146 e. The molecule has 1 aliphatic heterocycles. The monoisotopic (exact) mass is 341 g/mol. The number of pyridine rings is 1. The van der Waals surface area contributed by atoms with Gasteiger partial charge in [-0.15, -0.1) is 0 Å². The Kier molecular flexibility index (Phi) is 4.28. The van der Waals surface area contributed by atoms with Gasteiger partial charge in [0.2, 0.25) is 0 Å². The van der Waals surface area contributed by atoms with Gasteiger partial charge >= 0.3 is 0 Å². The number of halogens is 2. The summed E-state index contributed by atoms with van der Waals surface area (Å²) >= 11 is 0. The van der Waals surface area contributed by atoms with Crippen molar-refractivity contribution in [2.75, 3.05) is 13.2 Å².